The zero-order valence-corrected chi connectivity index (χ0v) is 17.8. The summed E-state index contributed by atoms with van der Waals surface area (Å²) in [6.45, 7) is 3.30. The molecule has 0 saturated carbocycles. The highest BCUT2D eigenvalue weighted by atomic mass is 19.3. The van der Waals surface area contributed by atoms with Gasteiger partial charge in [-0.05, 0) is 20.8 Å². The van der Waals surface area contributed by atoms with E-state index in [4.69, 9.17) is 9.47 Å². The van der Waals surface area contributed by atoms with E-state index in [1.165, 1.54) is 12.3 Å². The van der Waals surface area contributed by atoms with Gasteiger partial charge in [-0.15, -0.1) is 0 Å². The second-order valence-electron chi connectivity index (χ2n) is 7.93. The van der Waals surface area contributed by atoms with Crippen LogP contribution in [0.25, 0.3) is 0 Å². The van der Waals surface area contributed by atoms with Gasteiger partial charge in [-0.2, -0.15) is 24.1 Å². The van der Waals surface area contributed by atoms with E-state index in [-0.39, 0.29) is 41.3 Å². The molecular formula is C19H23F2N7O4. The van der Waals surface area contributed by atoms with Gasteiger partial charge in [0.25, 0.3) is 5.88 Å². The van der Waals surface area contributed by atoms with E-state index in [0.717, 1.165) is 0 Å². The Labute approximate surface area is 182 Å². The quantitative estimate of drug-likeness (QED) is 0.678. The first-order valence-electron chi connectivity index (χ1n) is 9.82. The van der Waals surface area contributed by atoms with Crippen molar-refractivity contribution in [3.8, 4) is 17.8 Å². The molecule has 2 aromatic rings. The summed E-state index contributed by atoms with van der Waals surface area (Å²) in [4.78, 5) is 22.0. The molecule has 32 heavy (non-hydrogen) atoms. The summed E-state index contributed by atoms with van der Waals surface area (Å²) in [5.74, 6) is 0.154. The van der Waals surface area contributed by atoms with Gasteiger partial charge in [0, 0.05) is 32.0 Å². The number of anilines is 2. The van der Waals surface area contributed by atoms with Crippen molar-refractivity contribution in [3.63, 3.8) is 0 Å². The van der Waals surface area contributed by atoms with Crippen LogP contribution in [-0.2, 0) is 4.74 Å². The van der Waals surface area contributed by atoms with Crippen LogP contribution in [0.4, 0.5) is 25.2 Å². The first kappa shape index (κ1) is 23.0. The number of aromatic nitrogens is 4. The van der Waals surface area contributed by atoms with Gasteiger partial charge in [0.15, 0.2) is 11.6 Å². The van der Waals surface area contributed by atoms with Crippen LogP contribution >= 0.6 is 0 Å². The number of nitriles is 1. The number of halogens is 2. The van der Waals surface area contributed by atoms with Gasteiger partial charge in [0.05, 0.1) is 6.20 Å². The van der Waals surface area contributed by atoms with Crippen LogP contribution in [-0.4, -0.2) is 62.6 Å². The fraction of sp³-hybridized carbons (Fsp3) is 0.526. The molecule has 2 N–H and O–H groups in total. The monoisotopic (exact) mass is 451 g/mol. The van der Waals surface area contributed by atoms with Crippen molar-refractivity contribution in [2.24, 2.45) is 0 Å². The number of ether oxygens (including phenoxy) is 3. The maximum atomic E-state index is 12.3. The number of rotatable bonds is 6. The molecule has 0 atom stereocenters. The average molecular weight is 451 g/mol. The minimum atomic E-state index is -2.99. The Morgan fingerprint density at radius 3 is 2.69 bits per heavy atom. The van der Waals surface area contributed by atoms with Crippen molar-refractivity contribution in [3.05, 3.63) is 18.0 Å². The molecule has 1 amide bonds. The largest absolute Gasteiger partial charge is 0.472 e. The molecular weight excluding hydrogens is 428 g/mol. The molecule has 0 unspecified atom stereocenters. The molecule has 172 valence electrons. The smallest absolute Gasteiger partial charge is 0.410 e. The summed E-state index contributed by atoms with van der Waals surface area (Å²) in [7, 11) is 0. The Kier molecular flexibility index (Phi) is 6.92. The predicted molar refractivity (Wildman–Crippen MR) is 107 cm³/mol. The Hall–Kier alpha value is -3.69. The molecule has 0 aromatic carbocycles. The Morgan fingerprint density at radius 1 is 1.34 bits per heavy atom. The third kappa shape index (κ3) is 6.40. The van der Waals surface area contributed by atoms with Crippen molar-refractivity contribution in [2.75, 3.05) is 18.4 Å². The van der Waals surface area contributed by atoms with Crippen LogP contribution in [0, 0.1) is 11.3 Å². The number of carbonyl (C=O) groups excluding carboxylic acids is 1. The standard InChI is InChI=1S/C19H23F2N7O4/c1-19(2,3)32-18(29)28-6-4-11(5-7-28)30-16-12(9-22)23-10-14(25-16)24-13-8-15(27-26-13)31-17(20)21/h8,10-11,17H,4-7H2,1-3H3,(H2,24,25,26,27). The van der Waals surface area contributed by atoms with Gasteiger partial charge < -0.3 is 24.4 Å². The summed E-state index contributed by atoms with van der Waals surface area (Å²) >= 11 is 0. The van der Waals surface area contributed by atoms with Crippen LogP contribution < -0.4 is 14.8 Å². The van der Waals surface area contributed by atoms with Crippen molar-refractivity contribution in [1.29, 1.82) is 5.26 Å². The fourth-order valence-electron chi connectivity index (χ4n) is 2.89. The van der Waals surface area contributed by atoms with Gasteiger partial charge in [-0.1, -0.05) is 0 Å². The molecule has 1 fully saturated rings. The molecule has 0 bridgehead atoms. The lowest BCUT2D eigenvalue weighted by atomic mass is 10.1. The highest BCUT2D eigenvalue weighted by Crippen LogP contribution is 2.24. The van der Waals surface area contributed by atoms with Gasteiger partial charge in [-0.25, -0.2) is 14.9 Å². The number of hydrogen-bond donors (Lipinski definition) is 2. The Bertz CT molecular complexity index is 979. The summed E-state index contributed by atoms with van der Waals surface area (Å²) in [5.41, 5.74) is -0.579. The van der Waals surface area contributed by atoms with E-state index in [9.17, 15) is 18.8 Å². The average Bonchev–Trinajstić information content (AvgIpc) is 3.13. The van der Waals surface area contributed by atoms with Gasteiger partial charge in [0.2, 0.25) is 11.6 Å². The number of alkyl halides is 2. The van der Waals surface area contributed by atoms with Crippen LogP contribution in [0.2, 0.25) is 0 Å². The maximum absolute atomic E-state index is 12.3. The van der Waals surface area contributed by atoms with E-state index in [0.29, 0.717) is 25.9 Å². The van der Waals surface area contributed by atoms with E-state index >= 15 is 0 Å². The lowest BCUT2D eigenvalue weighted by molar-refractivity contribution is -0.0528. The minimum Gasteiger partial charge on any atom is -0.472 e. The van der Waals surface area contributed by atoms with Crippen LogP contribution in [0.1, 0.15) is 39.3 Å². The highest BCUT2D eigenvalue weighted by Gasteiger charge is 2.28. The molecule has 0 spiro atoms. The molecule has 3 rings (SSSR count). The second-order valence-corrected chi connectivity index (χ2v) is 7.93. The molecule has 1 aliphatic rings. The fourth-order valence-corrected chi connectivity index (χ4v) is 2.89. The summed E-state index contributed by atoms with van der Waals surface area (Å²) < 4.78 is 40.0. The molecule has 0 aliphatic carbocycles. The van der Waals surface area contributed by atoms with Crippen LogP contribution in [0.15, 0.2) is 12.3 Å². The molecule has 0 radical (unpaired) electrons. The number of carbonyl (C=O) groups is 1. The molecule has 1 saturated heterocycles. The van der Waals surface area contributed by atoms with E-state index in [1.807, 2.05) is 6.07 Å². The van der Waals surface area contributed by atoms with Gasteiger partial charge in [-0.3, -0.25) is 0 Å². The third-order valence-electron chi connectivity index (χ3n) is 4.24. The van der Waals surface area contributed by atoms with Crippen molar-refractivity contribution < 1.29 is 27.8 Å². The number of aromatic amines is 1. The first-order valence-corrected chi connectivity index (χ1v) is 9.82. The number of likely N-dealkylation sites (tertiary alicyclic amines) is 1. The summed E-state index contributed by atoms with van der Waals surface area (Å²) in [6, 6.07) is 3.14. The summed E-state index contributed by atoms with van der Waals surface area (Å²) in [6.07, 6.45) is 1.68. The maximum Gasteiger partial charge on any atom is 0.410 e. The predicted octanol–water partition coefficient (Wildman–Crippen LogP) is 3.19. The van der Waals surface area contributed by atoms with Crippen LogP contribution in [0.3, 0.4) is 0 Å². The number of amides is 1. The number of piperidine rings is 1. The van der Waals surface area contributed by atoms with Crippen molar-refractivity contribution in [2.45, 2.75) is 51.9 Å². The molecule has 1 aliphatic heterocycles. The van der Waals surface area contributed by atoms with E-state index < -0.39 is 12.2 Å². The highest BCUT2D eigenvalue weighted by molar-refractivity contribution is 5.68. The van der Waals surface area contributed by atoms with Crippen molar-refractivity contribution in [1.82, 2.24) is 25.1 Å². The lowest BCUT2D eigenvalue weighted by Gasteiger charge is -2.33. The Balaban J connectivity index is 1.61. The number of H-pyrrole nitrogens is 1. The number of nitrogens with one attached hydrogen (secondary N) is 2. The zero-order valence-electron chi connectivity index (χ0n) is 17.8. The molecule has 13 heteroatoms. The first-order chi connectivity index (χ1) is 15.1. The van der Waals surface area contributed by atoms with Crippen LogP contribution in [0.5, 0.6) is 11.8 Å². The van der Waals surface area contributed by atoms with Crippen molar-refractivity contribution >= 4 is 17.7 Å². The molecule has 11 nitrogen and oxygen atoms in total. The third-order valence-corrected chi connectivity index (χ3v) is 4.24. The summed E-state index contributed by atoms with van der Waals surface area (Å²) in [5, 5.41) is 18.2. The molecule has 3 heterocycles. The van der Waals surface area contributed by atoms with E-state index in [1.54, 1.807) is 25.7 Å². The zero-order chi connectivity index (χ0) is 23.3. The Morgan fingerprint density at radius 2 is 2.06 bits per heavy atom. The number of hydrogen-bond acceptors (Lipinski definition) is 9. The second kappa shape index (κ2) is 9.63. The van der Waals surface area contributed by atoms with Gasteiger partial charge >= 0.3 is 12.7 Å². The topological polar surface area (TPSA) is 138 Å². The molecule has 2 aromatic heterocycles. The SMILES string of the molecule is CC(C)(C)OC(=O)N1CCC(Oc2nc(Nc3cc(OC(F)F)[nH]n3)cnc2C#N)CC1. The van der Waals surface area contributed by atoms with E-state index in [2.05, 4.69) is 30.2 Å². The number of nitrogens with zero attached hydrogens (tertiary/aromatic N) is 5. The minimum absolute atomic E-state index is 0.00567. The van der Waals surface area contributed by atoms with Gasteiger partial charge in [0.1, 0.15) is 17.8 Å². The lowest BCUT2D eigenvalue weighted by Crippen LogP contribution is -2.44. The normalized spacial score (nSPS) is 14.7.